The van der Waals surface area contributed by atoms with Crippen LogP contribution in [0.5, 0.6) is 0 Å². The molecule has 6 nitrogen and oxygen atoms in total. The Bertz CT molecular complexity index is 806. The summed E-state index contributed by atoms with van der Waals surface area (Å²) in [4.78, 5) is 23.3. The van der Waals surface area contributed by atoms with Crippen LogP contribution in [0.4, 0.5) is 10.6 Å². The predicted molar refractivity (Wildman–Crippen MR) is 89.0 cm³/mol. The molecule has 0 saturated carbocycles. The summed E-state index contributed by atoms with van der Waals surface area (Å²) in [6.45, 7) is -0.241. The number of hydrogen-bond acceptors (Lipinski definition) is 5. The molecule has 3 atom stereocenters. The summed E-state index contributed by atoms with van der Waals surface area (Å²) >= 11 is 11.0. The quantitative estimate of drug-likeness (QED) is 0.737. The van der Waals surface area contributed by atoms with E-state index >= 15 is 0 Å². The molecular weight excluding hydrogens is 392 g/mol. The van der Waals surface area contributed by atoms with Gasteiger partial charge < -0.3 is 10.0 Å². The molecule has 2 aliphatic heterocycles. The standard InChI is InChI=1S/C13H12BrClN4O2S/c14-9-3-8-10(22-9)11(17-12(15)16-8)18-4-6-1-2-7(5-18)19(6)13(20)21/h3,6-7H,1-2,4-5H2,(H,20,21)/i4D. The lowest BCUT2D eigenvalue weighted by Crippen LogP contribution is -2.55. The first-order valence-corrected chi connectivity index (χ1v) is 8.77. The minimum Gasteiger partial charge on any atom is -0.465 e. The highest BCUT2D eigenvalue weighted by Crippen LogP contribution is 2.38. The Labute approximate surface area is 145 Å². The van der Waals surface area contributed by atoms with Gasteiger partial charge in [0.1, 0.15) is 0 Å². The van der Waals surface area contributed by atoms with E-state index in [-0.39, 0.29) is 17.4 Å². The van der Waals surface area contributed by atoms with Crippen molar-refractivity contribution >= 4 is 61.0 Å². The lowest BCUT2D eigenvalue weighted by molar-refractivity contribution is 0.114. The zero-order valence-corrected chi connectivity index (χ0v) is 14.4. The number of amides is 1. The number of aromatic nitrogens is 2. The molecule has 116 valence electrons. The van der Waals surface area contributed by atoms with E-state index in [0.29, 0.717) is 18.8 Å². The number of halogens is 2. The van der Waals surface area contributed by atoms with E-state index in [0.717, 1.165) is 20.4 Å². The zero-order valence-electron chi connectivity index (χ0n) is 12.2. The van der Waals surface area contributed by atoms with Gasteiger partial charge in [-0.3, -0.25) is 4.90 Å². The molecule has 2 saturated heterocycles. The minimum atomic E-state index is -0.945. The van der Waals surface area contributed by atoms with E-state index in [1.165, 1.54) is 16.2 Å². The van der Waals surface area contributed by atoms with Gasteiger partial charge in [-0.25, -0.2) is 9.78 Å². The van der Waals surface area contributed by atoms with Crippen molar-refractivity contribution < 1.29 is 11.3 Å². The average molecular weight is 405 g/mol. The second-order valence-electron chi connectivity index (χ2n) is 5.37. The first-order chi connectivity index (χ1) is 11.0. The molecule has 2 fully saturated rings. The number of anilines is 1. The predicted octanol–water partition coefficient (Wildman–Crippen LogP) is 3.44. The van der Waals surface area contributed by atoms with Crippen LogP contribution in [0.15, 0.2) is 9.85 Å². The summed E-state index contributed by atoms with van der Waals surface area (Å²) < 4.78 is 10.3. The van der Waals surface area contributed by atoms with Crippen molar-refractivity contribution in [2.24, 2.45) is 0 Å². The maximum atomic E-state index is 11.4. The summed E-state index contributed by atoms with van der Waals surface area (Å²) in [5.74, 6) is 0.623. The van der Waals surface area contributed by atoms with Crippen LogP contribution in [-0.2, 0) is 0 Å². The number of hydrogen-bond donors (Lipinski definition) is 1. The van der Waals surface area contributed by atoms with Crippen LogP contribution in [0.1, 0.15) is 14.2 Å². The SMILES string of the molecule is [2H]C1C2CCC(CN1c1nc(Cl)nc3cc(Br)sc13)N2C(=O)O. The third-order valence-electron chi connectivity index (χ3n) is 4.10. The largest absolute Gasteiger partial charge is 0.465 e. The van der Waals surface area contributed by atoms with Crippen LogP contribution in [0.2, 0.25) is 5.28 Å². The van der Waals surface area contributed by atoms with Crippen LogP contribution in [0, 0.1) is 0 Å². The van der Waals surface area contributed by atoms with Crippen LogP contribution in [-0.4, -0.2) is 51.2 Å². The first kappa shape index (κ1) is 13.3. The minimum absolute atomic E-state index is 0.105. The van der Waals surface area contributed by atoms with Gasteiger partial charge in [-0.15, -0.1) is 11.3 Å². The Morgan fingerprint density at radius 2 is 2.27 bits per heavy atom. The summed E-state index contributed by atoms with van der Waals surface area (Å²) in [5, 5.41) is 9.52. The molecule has 1 amide bonds. The molecule has 2 bridgehead atoms. The van der Waals surface area contributed by atoms with E-state index in [9.17, 15) is 9.90 Å². The highest BCUT2D eigenvalue weighted by molar-refractivity contribution is 9.11. The molecule has 2 aliphatic rings. The van der Waals surface area contributed by atoms with E-state index in [4.69, 9.17) is 13.0 Å². The summed E-state index contributed by atoms with van der Waals surface area (Å²) in [7, 11) is 0. The molecular formula is C13H12BrClN4O2S. The Hall–Kier alpha value is -1.12. The van der Waals surface area contributed by atoms with E-state index in [1.807, 2.05) is 11.0 Å². The van der Waals surface area contributed by atoms with Crippen LogP contribution in [0.25, 0.3) is 10.2 Å². The van der Waals surface area contributed by atoms with Gasteiger partial charge in [-0.05, 0) is 46.4 Å². The van der Waals surface area contributed by atoms with Gasteiger partial charge in [-0.1, -0.05) is 0 Å². The van der Waals surface area contributed by atoms with Crippen LogP contribution >= 0.6 is 38.9 Å². The second kappa shape index (κ2) is 5.21. The molecule has 22 heavy (non-hydrogen) atoms. The van der Waals surface area contributed by atoms with Gasteiger partial charge in [0.15, 0.2) is 5.82 Å². The summed E-state index contributed by atoms with van der Waals surface area (Å²) in [6, 6.07) is 1.43. The Morgan fingerprint density at radius 3 is 3.05 bits per heavy atom. The number of thiophene rings is 1. The van der Waals surface area contributed by atoms with Crippen molar-refractivity contribution in [2.45, 2.75) is 24.9 Å². The third kappa shape index (κ3) is 2.24. The maximum absolute atomic E-state index is 11.4. The number of rotatable bonds is 1. The molecule has 4 heterocycles. The van der Waals surface area contributed by atoms with Crippen LogP contribution in [0.3, 0.4) is 0 Å². The van der Waals surface area contributed by atoms with Gasteiger partial charge in [0.05, 0.1) is 27.5 Å². The van der Waals surface area contributed by atoms with Gasteiger partial charge in [0.2, 0.25) is 5.28 Å². The average Bonchev–Trinajstić information content (AvgIpc) is 3.01. The fourth-order valence-corrected chi connectivity index (χ4v) is 4.94. The van der Waals surface area contributed by atoms with Crippen molar-refractivity contribution in [3.63, 3.8) is 0 Å². The third-order valence-corrected chi connectivity index (χ3v) is 5.89. The van der Waals surface area contributed by atoms with Gasteiger partial charge >= 0.3 is 6.09 Å². The summed E-state index contributed by atoms with van der Waals surface area (Å²) in [5.41, 5.74) is 0.733. The molecule has 0 aromatic carbocycles. The molecule has 4 rings (SSSR count). The summed E-state index contributed by atoms with van der Waals surface area (Å²) in [6.07, 6.45) is 0.538. The van der Waals surface area contributed by atoms with Crippen molar-refractivity contribution in [3.05, 3.63) is 15.1 Å². The zero-order chi connectivity index (χ0) is 16.3. The Balaban J connectivity index is 1.79. The van der Waals surface area contributed by atoms with Gasteiger partial charge in [-0.2, -0.15) is 4.98 Å². The molecule has 2 aromatic heterocycles. The highest BCUT2D eigenvalue weighted by atomic mass is 79.9. The smallest absolute Gasteiger partial charge is 0.407 e. The number of fused-ring (bicyclic) bond motifs is 3. The normalized spacial score (nSPS) is 28.3. The monoisotopic (exact) mass is 403 g/mol. The van der Waals surface area contributed by atoms with E-state index in [2.05, 4.69) is 25.9 Å². The molecule has 0 aliphatic carbocycles. The molecule has 9 heteroatoms. The number of carboxylic acid groups (broad SMARTS) is 1. The van der Waals surface area contributed by atoms with Gasteiger partial charge in [0, 0.05) is 13.1 Å². The fraction of sp³-hybridized carbons (Fsp3) is 0.462. The van der Waals surface area contributed by atoms with Crippen molar-refractivity contribution in [2.75, 3.05) is 18.0 Å². The van der Waals surface area contributed by atoms with Gasteiger partial charge in [0.25, 0.3) is 0 Å². The van der Waals surface area contributed by atoms with Crippen molar-refractivity contribution in [1.29, 1.82) is 0 Å². The Morgan fingerprint density at radius 1 is 1.50 bits per heavy atom. The Kier molecular flexibility index (Phi) is 3.16. The second-order valence-corrected chi connectivity index (χ2v) is 8.14. The van der Waals surface area contributed by atoms with E-state index in [1.54, 1.807) is 0 Å². The molecule has 1 N–H and O–H groups in total. The van der Waals surface area contributed by atoms with Crippen molar-refractivity contribution in [1.82, 2.24) is 14.9 Å². The lowest BCUT2D eigenvalue weighted by Gasteiger charge is -2.40. The number of carbonyl (C=O) groups is 1. The molecule has 2 aromatic rings. The molecule has 3 unspecified atom stereocenters. The maximum Gasteiger partial charge on any atom is 0.407 e. The number of nitrogens with zero attached hydrogens (tertiary/aromatic N) is 4. The number of piperazine rings is 1. The van der Waals surface area contributed by atoms with Crippen molar-refractivity contribution in [3.8, 4) is 0 Å². The topological polar surface area (TPSA) is 69.6 Å². The highest BCUT2D eigenvalue weighted by Gasteiger charge is 2.43. The lowest BCUT2D eigenvalue weighted by atomic mass is 10.2. The first-order valence-electron chi connectivity index (χ1n) is 7.36. The molecule has 0 radical (unpaired) electrons. The van der Waals surface area contributed by atoms with E-state index < -0.39 is 12.6 Å². The molecule has 0 spiro atoms. The van der Waals surface area contributed by atoms with Crippen LogP contribution < -0.4 is 4.90 Å². The fourth-order valence-electron chi connectivity index (χ4n) is 3.24.